The van der Waals surface area contributed by atoms with Gasteiger partial charge in [0.2, 0.25) is 5.91 Å². The Hall–Kier alpha value is -4.42. The molecule has 2 aromatic carbocycles. The van der Waals surface area contributed by atoms with Crippen molar-refractivity contribution in [2.24, 2.45) is 0 Å². The SMILES string of the molecule is O=C(Cn1cnc2c(nnn2Cc2cccc(C(F)(F)F)c2)c1=O)Nc1ccc2c(c1)OCCO2. The van der Waals surface area contributed by atoms with Crippen molar-refractivity contribution in [1.82, 2.24) is 24.5 Å². The number of carbonyl (C=O) groups is 1. The third-order valence-corrected chi connectivity index (χ3v) is 5.22. The number of halogens is 3. The van der Waals surface area contributed by atoms with E-state index >= 15 is 0 Å². The Balaban J connectivity index is 1.32. The molecule has 0 fully saturated rings. The molecule has 0 saturated carbocycles. The number of carbonyl (C=O) groups excluding carboxylic acids is 1. The summed E-state index contributed by atoms with van der Waals surface area (Å²) in [6, 6.07) is 9.70. The second kappa shape index (κ2) is 8.74. The maximum Gasteiger partial charge on any atom is 0.416 e. The number of rotatable bonds is 5. The lowest BCUT2D eigenvalue weighted by molar-refractivity contribution is -0.137. The standard InChI is InChI=1S/C22H17F3N6O4/c23-22(24,25)14-3-1-2-13(8-14)10-31-20-19(28-29-31)21(33)30(12-26-20)11-18(32)27-15-4-5-16-17(9-15)35-7-6-34-16/h1-5,8-9,12H,6-7,10-11H2,(H,27,32). The first kappa shape index (κ1) is 22.4. The van der Waals surface area contributed by atoms with Gasteiger partial charge in [-0.25, -0.2) is 9.67 Å². The monoisotopic (exact) mass is 486 g/mol. The van der Waals surface area contributed by atoms with Crippen molar-refractivity contribution in [3.8, 4) is 11.5 Å². The van der Waals surface area contributed by atoms with Crippen molar-refractivity contribution in [1.29, 1.82) is 0 Å². The Labute approximate surface area is 194 Å². The van der Waals surface area contributed by atoms with Gasteiger partial charge in [0.25, 0.3) is 5.56 Å². The Bertz CT molecular complexity index is 1480. The van der Waals surface area contributed by atoms with E-state index in [9.17, 15) is 22.8 Å². The van der Waals surface area contributed by atoms with Crippen molar-refractivity contribution in [2.45, 2.75) is 19.3 Å². The summed E-state index contributed by atoms with van der Waals surface area (Å²) < 4.78 is 52.2. The number of ether oxygens (including phenoxy) is 2. The van der Waals surface area contributed by atoms with Gasteiger partial charge in [-0.1, -0.05) is 17.3 Å². The van der Waals surface area contributed by atoms with Gasteiger partial charge in [0.05, 0.1) is 12.1 Å². The molecule has 10 nitrogen and oxygen atoms in total. The predicted molar refractivity (Wildman–Crippen MR) is 116 cm³/mol. The number of anilines is 1. The number of alkyl halides is 3. The molecule has 0 saturated heterocycles. The maximum absolute atomic E-state index is 13.0. The van der Waals surface area contributed by atoms with E-state index in [4.69, 9.17) is 9.47 Å². The van der Waals surface area contributed by atoms with Crippen LogP contribution in [0.1, 0.15) is 11.1 Å². The molecule has 1 amide bonds. The average Bonchev–Trinajstić information content (AvgIpc) is 3.24. The van der Waals surface area contributed by atoms with Crippen molar-refractivity contribution in [3.63, 3.8) is 0 Å². The van der Waals surface area contributed by atoms with Crippen LogP contribution in [-0.4, -0.2) is 43.7 Å². The van der Waals surface area contributed by atoms with Gasteiger partial charge in [0.1, 0.15) is 26.1 Å². The number of benzene rings is 2. The molecule has 0 radical (unpaired) electrons. The fourth-order valence-electron chi connectivity index (χ4n) is 3.60. The molecule has 1 aliphatic rings. The summed E-state index contributed by atoms with van der Waals surface area (Å²) in [6.07, 6.45) is -3.31. The number of fused-ring (bicyclic) bond motifs is 2. The van der Waals surface area contributed by atoms with Gasteiger partial charge >= 0.3 is 6.18 Å². The van der Waals surface area contributed by atoms with Crippen LogP contribution in [0.4, 0.5) is 18.9 Å². The Morgan fingerprint density at radius 1 is 1.09 bits per heavy atom. The highest BCUT2D eigenvalue weighted by atomic mass is 19.4. The minimum Gasteiger partial charge on any atom is -0.486 e. The van der Waals surface area contributed by atoms with Gasteiger partial charge in [-0.2, -0.15) is 13.2 Å². The fourth-order valence-corrected chi connectivity index (χ4v) is 3.60. The van der Waals surface area contributed by atoms with Gasteiger partial charge in [0.15, 0.2) is 22.7 Å². The highest BCUT2D eigenvalue weighted by Crippen LogP contribution is 2.32. The zero-order chi connectivity index (χ0) is 24.6. The molecular formula is C22H17F3N6O4. The third-order valence-electron chi connectivity index (χ3n) is 5.22. The molecule has 4 aromatic rings. The Morgan fingerprint density at radius 3 is 2.69 bits per heavy atom. The zero-order valence-corrected chi connectivity index (χ0v) is 18.0. The lowest BCUT2D eigenvalue weighted by Gasteiger charge is -2.19. The molecule has 2 aromatic heterocycles. The summed E-state index contributed by atoms with van der Waals surface area (Å²) in [7, 11) is 0. The normalized spacial score (nSPS) is 13.1. The second-order valence-electron chi connectivity index (χ2n) is 7.70. The molecule has 35 heavy (non-hydrogen) atoms. The number of nitrogens with zero attached hydrogens (tertiary/aromatic N) is 5. The number of nitrogens with one attached hydrogen (secondary N) is 1. The minimum atomic E-state index is -4.48. The lowest BCUT2D eigenvalue weighted by Crippen LogP contribution is -2.28. The molecule has 0 spiro atoms. The van der Waals surface area contributed by atoms with E-state index in [0.29, 0.717) is 36.0 Å². The van der Waals surface area contributed by atoms with Crippen LogP contribution in [0, 0.1) is 0 Å². The lowest BCUT2D eigenvalue weighted by atomic mass is 10.1. The van der Waals surface area contributed by atoms with Gasteiger partial charge in [-0.15, -0.1) is 5.10 Å². The number of hydrogen-bond donors (Lipinski definition) is 1. The molecule has 0 atom stereocenters. The van der Waals surface area contributed by atoms with E-state index < -0.39 is 23.2 Å². The zero-order valence-electron chi connectivity index (χ0n) is 18.0. The van der Waals surface area contributed by atoms with E-state index in [1.807, 2.05) is 0 Å². The van der Waals surface area contributed by atoms with Crippen molar-refractivity contribution >= 4 is 22.8 Å². The summed E-state index contributed by atoms with van der Waals surface area (Å²) in [4.78, 5) is 29.4. The van der Waals surface area contributed by atoms with Crippen LogP contribution < -0.4 is 20.3 Å². The largest absolute Gasteiger partial charge is 0.486 e. The van der Waals surface area contributed by atoms with E-state index in [1.54, 1.807) is 18.2 Å². The van der Waals surface area contributed by atoms with Crippen molar-refractivity contribution in [2.75, 3.05) is 18.5 Å². The first-order chi connectivity index (χ1) is 16.8. The first-order valence-electron chi connectivity index (χ1n) is 10.4. The smallest absolute Gasteiger partial charge is 0.416 e. The van der Waals surface area contributed by atoms with Crippen molar-refractivity contribution in [3.05, 3.63) is 70.3 Å². The molecule has 0 bridgehead atoms. The van der Waals surface area contributed by atoms with E-state index in [-0.39, 0.29) is 24.3 Å². The molecule has 0 unspecified atom stereocenters. The van der Waals surface area contributed by atoms with Gasteiger partial charge < -0.3 is 14.8 Å². The molecule has 13 heteroatoms. The minimum absolute atomic E-state index is 0.0680. The van der Waals surface area contributed by atoms with E-state index in [0.717, 1.165) is 16.7 Å². The van der Waals surface area contributed by atoms with E-state index in [1.165, 1.54) is 23.1 Å². The summed E-state index contributed by atoms with van der Waals surface area (Å²) in [5.74, 6) is 0.598. The van der Waals surface area contributed by atoms with Crippen LogP contribution in [-0.2, 0) is 24.1 Å². The fraction of sp³-hybridized carbons (Fsp3) is 0.227. The topological polar surface area (TPSA) is 113 Å². The van der Waals surface area contributed by atoms with Gasteiger partial charge in [0, 0.05) is 11.8 Å². The highest BCUT2D eigenvalue weighted by Gasteiger charge is 2.30. The van der Waals surface area contributed by atoms with Crippen LogP contribution in [0.15, 0.2) is 53.6 Å². The number of aromatic nitrogens is 5. The van der Waals surface area contributed by atoms with Crippen molar-refractivity contribution < 1.29 is 27.4 Å². The van der Waals surface area contributed by atoms with Crippen LogP contribution >= 0.6 is 0 Å². The van der Waals surface area contributed by atoms with Crippen LogP contribution in [0.2, 0.25) is 0 Å². The van der Waals surface area contributed by atoms with Crippen LogP contribution in [0.5, 0.6) is 11.5 Å². The molecule has 3 heterocycles. The van der Waals surface area contributed by atoms with E-state index in [2.05, 4.69) is 20.6 Å². The average molecular weight is 486 g/mol. The predicted octanol–water partition coefficient (Wildman–Crippen LogP) is 2.46. The summed E-state index contributed by atoms with van der Waals surface area (Å²) in [5.41, 5.74) is -0.631. The summed E-state index contributed by atoms with van der Waals surface area (Å²) in [6.45, 7) is 0.444. The highest BCUT2D eigenvalue weighted by molar-refractivity contribution is 5.91. The quantitative estimate of drug-likeness (QED) is 0.461. The molecule has 0 aliphatic carbocycles. The van der Waals surface area contributed by atoms with Gasteiger partial charge in [-0.05, 0) is 29.8 Å². The second-order valence-corrected chi connectivity index (χ2v) is 7.70. The molecule has 1 aliphatic heterocycles. The number of hydrogen-bond acceptors (Lipinski definition) is 7. The Kier molecular flexibility index (Phi) is 5.59. The van der Waals surface area contributed by atoms with Crippen LogP contribution in [0.25, 0.3) is 11.2 Å². The van der Waals surface area contributed by atoms with Crippen LogP contribution in [0.3, 0.4) is 0 Å². The molecule has 180 valence electrons. The summed E-state index contributed by atoms with van der Waals surface area (Å²) in [5, 5.41) is 10.3. The maximum atomic E-state index is 13.0. The summed E-state index contributed by atoms with van der Waals surface area (Å²) >= 11 is 0. The Morgan fingerprint density at radius 2 is 1.89 bits per heavy atom. The molecule has 5 rings (SSSR count). The third kappa shape index (κ3) is 4.65. The first-order valence-corrected chi connectivity index (χ1v) is 10.4. The molecular weight excluding hydrogens is 469 g/mol. The van der Waals surface area contributed by atoms with Gasteiger partial charge in [-0.3, -0.25) is 14.2 Å². The molecule has 1 N–H and O–H groups in total. The number of amides is 1.